The number of aliphatic hydroxyl groups is 1. The maximum Gasteiger partial charge on any atom is 0.251 e. The van der Waals surface area contributed by atoms with Gasteiger partial charge in [0, 0.05) is 43.0 Å². The zero-order valence-electron chi connectivity index (χ0n) is 27.2. The Kier molecular flexibility index (Phi) is 10.9. The van der Waals surface area contributed by atoms with Gasteiger partial charge in [-0.1, -0.05) is 72.8 Å². The Morgan fingerprint density at radius 1 is 0.833 bits per heavy atom. The molecule has 1 aromatic heterocycles. The van der Waals surface area contributed by atoms with Crippen LogP contribution in [-0.2, 0) is 23.0 Å². The molecule has 0 aliphatic carbocycles. The molecule has 0 aliphatic rings. The monoisotopic (exact) mass is 667 g/mol. The smallest absolute Gasteiger partial charge is 0.251 e. The molecular weight excluding hydrogens is 627 g/mol. The van der Waals surface area contributed by atoms with E-state index in [0.29, 0.717) is 13.0 Å². The van der Waals surface area contributed by atoms with Crippen molar-refractivity contribution >= 4 is 38.4 Å². The third-order valence-corrected chi connectivity index (χ3v) is 9.54. The van der Waals surface area contributed by atoms with Crippen LogP contribution in [-0.4, -0.2) is 62.3 Å². The summed E-state index contributed by atoms with van der Waals surface area (Å²) >= 11 is 0. The Bertz CT molecular complexity index is 1960. The summed E-state index contributed by atoms with van der Waals surface area (Å²) in [5, 5.41) is 21.6. The van der Waals surface area contributed by atoms with E-state index >= 15 is 0 Å². The number of amides is 2. The molecule has 0 radical (unpaired) electrons. The van der Waals surface area contributed by atoms with Gasteiger partial charge in [0.15, 0.2) is 0 Å². The maximum absolute atomic E-state index is 13.8. The van der Waals surface area contributed by atoms with Crippen LogP contribution in [0.4, 0.5) is 5.69 Å². The van der Waals surface area contributed by atoms with Gasteiger partial charge in [-0.25, -0.2) is 8.42 Å². The van der Waals surface area contributed by atoms with Crippen LogP contribution in [0, 0.1) is 0 Å². The number of H-pyrrole nitrogens is 1. The highest BCUT2D eigenvalue weighted by Gasteiger charge is 2.25. The number of fused-ring (bicyclic) bond motifs is 1. The molecule has 0 saturated heterocycles. The second-order valence-corrected chi connectivity index (χ2v) is 14.0. The summed E-state index contributed by atoms with van der Waals surface area (Å²) in [6.45, 7) is 2.55. The number of carbonyl (C=O) groups is 2. The number of benzene rings is 4. The van der Waals surface area contributed by atoms with Crippen LogP contribution >= 0.6 is 0 Å². The summed E-state index contributed by atoms with van der Waals surface area (Å²) in [5.41, 5.74) is 4.23. The first-order chi connectivity index (χ1) is 23.0. The van der Waals surface area contributed by atoms with Crippen molar-refractivity contribution in [1.29, 1.82) is 0 Å². The van der Waals surface area contributed by atoms with Crippen molar-refractivity contribution in [3.63, 3.8) is 0 Å². The van der Waals surface area contributed by atoms with E-state index in [1.807, 2.05) is 98.0 Å². The van der Waals surface area contributed by atoms with Crippen LogP contribution in [0.1, 0.15) is 50.4 Å². The van der Waals surface area contributed by atoms with Crippen LogP contribution in [0.2, 0.25) is 0 Å². The maximum atomic E-state index is 13.8. The molecule has 11 heteroatoms. The minimum Gasteiger partial charge on any atom is -0.390 e. The van der Waals surface area contributed by atoms with Gasteiger partial charge in [-0.2, -0.15) is 0 Å². The first-order valence-corrected chi connectivity index (χ1v) is 17.6. The van der Waals surface area contributed by atoms with Crippen LogP contribution in [0.3, 0.4) is 0 Å². The highest BCUT2D eigenvalue weighted by molar-refractivity contribution is 7.92. The number of aromatic nitrogens is 1. The van der Waals surface area contributed by atoms with Gasteiger partial charge in [-0.15, -0.1) is 0 Å². The highest BCUT2D eigenvalue weighted by atomic mass is 32.2. The molecule has 2 amide bonds. The Labute approximate surface area is 281 Å². The summed E-state index contributed by atoms with van der Waals surface area (Å²) in [6.07, 6.45) is 2.30. The van der Waals surface area contributed by atoms with Gasteiger partial charge in [0.2, 0.25) is 10.0 Å². The number of aromatic amines is 1. The first-order valence-electron chi connectivity index (χ1n) is 15.7. The number of carbonyl (C=O) groups excluding carboxylic acids is 2. The molecule has 0 aliphatic heterocycles. The molecule has 5 N–H and O–H groups in total. The fraction of sp³-hybridized carbons (Fsp3) is 0.243. The standard InChI is InChI=1S/C37H41N5O5S/c1-25(28-12-8-5-9-13-28)40-36(44)30-20-31(22-32(21-30)42(2)48(3,46)47)37(45)41-34(18-26-10-6-4-7-11-26)35(43)24-38-23-27-14-15-29-16-17-39-33(29)19-27/h4-17,19-22,25,34-35,38-39,43H,18,23-24H2,1-3H3,(H,40,44)(H,41,45)/t25-,34+,35-/m1/s1. The predicted molar refractivity (Wildman–Crippen MR) is 189 cm³/mol. The van der Waals surface area contributed by atoms with Crippen molar-refractivity contribution in [3.05, 3.63) is 137 Å². The molecule has 3 atom stereocenters. The topological polar surface area (TPSA) is 144 Å². The predicted octanol–water partition coefficient (Wildman–Crippen LogP) is 4.55. The summed E-state index contributed by atoms with van der Waals surface area (Å²) in [5.74, 6) is -1.02. The number of hydrogen-bond acceptors (Lipinski definition) is 6. The Morgan fingerprint density at radius 2 is 1.48 bits per heavy atom. The van der Waals surface area contributed by atoms with Gasteiger partial charge in [0.25, 0.3) is 11.8 Å². The van der Waals surface area contributed by atoms with Crippen molar-refractivity contribution < 1.29 is 23.1 Å². The van der Waals surface area contributed by atoms with E-state index < -0.39 is 34.0 Å². The van der Waals surface area contributed by atoms with Gasteiger partial charge in [0.05, 0.1) is 30.1 Å². The molecule has 5 rings (SSSR count). The van der Waals surface area contributed by atoms with E-state index in [1.165, 1.54) is 25.2 Å². The molecule has 0 saturated carbocycles. The lowest BCUT2D eigenvalue weighted by molar-refractivity contribution is 0.0830. The molecule has 48 heavy (non-hydrogen) atoms. The number of nitrogens with zero attached hydrogens (tertiary/aromatic N) is 1. The molecular formula is C37H41N5O5S. The first kappa shape index (κ1) is 34.4. The average molecular weight is 668 g/mol. The summed E-state index contributed by atoms with van der Waals surface area (Å²) < 4.78 is 25.9. The molecule has 5 aromatic rings. The summed E-state index contributed by atoms with van der Waals surface area (Å²) in [6, 6.07) is 30.3. The van der Waals surface area contributed by atoms with E-state index in [1.54, 1.807) is 0 Å². The van der Waals surface area contributed by atoms with Gasteiger partial charge in [0.1, 0.15) is 0 Å². The van der Waals surface area contributed by atoms with Crippen molar-refractivity contribution in [2.24, 2.45) is 0 Å². The Balaban J connectivity index is 1.36. The third kappa shape index (κ3) is 8.88. The number of hydrogen-bond donors (Lipinski definition) is 5. The lowest BCUT2D eigenvalue weighted by atomic mass is 9.99. The normalized spacial score (nSPS) is 13.4. The van der Waals surface area contributed by atoms with Crippen molar-refractivity contribution in [3.8, 4) is 0 Å². The largest absolute Gasteiger partial charge is 0.390 e. The van der Waals surface area contributed by atoms with E-state index in [9.17, 15) is 23.1 Å². The molecule has 0 unspecified atom stereocenters. The van der Waals surface area contributed by atoms with E-state index in [4.69, 9.17) is 0 Å². The van der Waals surface area contributed by atoms with E-state index in [2.05, 4.69) is 20.9 Å². The molecule has 10 nitrogen and oxygen atoms in total. The van der Waals surface area contributed by atoms with Gasteiger partial charge in [-0.3, -0.25) is 13.9 Å². The number of anilines is 1. The molecule has 250 valence electrons. The average Bonchev–Trinajstić information content (AvgIpc) is 3.56. The number of aliphatic hydroxyl groups excluding tert-OH is 1. The minimum atomic E-state index is -3.71. The summed E-state index contributed by atoms with van der Waals surface area (Å²) in [4.78, 5) is 30.5. The minimum absolute atomic E-state index is 0.0815. The quantitative estimate of drug-likeness (QED) is 0.118. The van der Waals surface area contributed by atoms with Crippen LogP contribution < -0.4 is 20.3 Å². The molecule has 0 bridgehead atoms. The van der Waals surface area contributed by atoms with Crippen molar-refractivity contribution in [1.82, 2.24) is 20.9 Å². The van der Waals surface area contributed by atoms with Crippen LogP contribution in [0.5, 0.6) is 0 Å². The van der Waals surface area contributed by atoms with Gasteiger partial charge in [-0.05, 0) is 65.8 Å². The number of rotatable bonds is 14. The zero-order valence-corrected chi connectivity index (χ0v) is 28.0. The van der Waals surface area contributed by atoms with Crippen molar-refractivity contribution in [2.45, 2.75) is 38.1 Å². The lowest BCUT2D eigenvalue weighted by Gasteiger charge is -2.25. The number of sulfonamides is 1. The Morgan fingerprint density at radius 3 is 2.15 bits per heavy atom. The third-order valence-electron chi connectivity index (χ3n) is 8.33. The fourth-order valence-electron chi connectivity index (χ4n) is 5.47. The van der Waals surface area contributed by atoms with E-state index in [-0.39, 0.29) is 29.4 Å². The van der Waals surface area contributed by atoms with Crippen LogP contribution in [0.25, 0.3) is 10.9 Å². The fourth-order valence-corrected chi connectivity index (χ4v) is 5.95. The number of nitrogens with one attached hydrogen (secondary N) is 4. The highest BCUT2D eigenvalue weighted by Crippen LogP contribution is 2.23. The summed E-state index contributed by atoms with van der Waals surface area (Å²) in [7, 11) is -2.34. The Hall–Kier alpha value is -4.97. The van der Waals surface area contributed by atoms with Crippen molar-refractivity contribution in [2.75, 3.05) is 24.2 Å². The van der Waals surface area contributed by atoms with Crippen LogP contribution in [0.15, 0.2) is 109 Å². The van der Waals surface area contributed by atoms with Gasteiger partial charge >= 0.3 is 0 Å². The van der Waals surface area contributed by atoms with Gasteiger partial charge < -0.3 is 26.0 Å². The SMILES string of the molecule is C[C@@H](NC(=O)c1cc(C(=O)N[C@@H](Cc2ccccc2)[C@H](O)CNCc2ccc3cc[nH]c3c2)cc(N(C)S(C)(=O)=O)c1)c1ccccc1. The second-order valence-electron chi connectivity index (χ2n) is 12.0. The second kappa shape index (κ2) is 15.3. The van der Waals surface area contributed by atoms with E-state index in [0.717, 1.165) is 38.2 Å². The molecule has 4 aromatic carbocycles. The zero-order chi connectivity index (χ0) is 34.3. The molecule has 0 fully saturated rings. The molecule has 1 heterocycles. The molecule has 0 spiro atoms. The lowest BCUT2D eigenvalue weighted by Crippen LogP contribution is -2.48.